The first kappa shape index (κ1) is 14.4. The molecular weight excluding hydrogens is 238 g/mol. The molecule has 0 aromatic heterocycles. The fourth-order valence-electron chi connectivity index (χ4n) is 3.44. The summed E-state index contributed by atoms with van der Waals surface area (Å²) in [5.74, 6) is 1.29. The number of hydrogen-bond donors (Lipinski definition) is 2. The highest BCUT2D eigenvalue weighted by Gasteiger charge is 2.50. The number of benzene rings is 1. The normalized spacial score (nSPS) is 25.6. The average Bonchev–Trinajstić information content (AvgIpc) is 2.36. The van der Waals surface area contributed by atoms with Crippen molar-refractivity contribution in [3.8, 4) is 5.75 Å². The standard InChI is InChI=1S/C16H25NO2/c1-12(2)10-15(3,18)16(11-17)8-9-19-14-7-5-4-6-13(14)16/h4-7,12,18H,8-11,17H2,1-3H3. The van der Waals surface area contributed by atoms with E-state index in [1.54, 1.807) is 0 Å². The molecule has 2 rings (SSSR count). The first-order chi connectivity index (χ1) is 8.93. The third-order valence-corrected chi connectivity index (χ3v) is 4.37. The molecule has 1 aromatic rings. The molecule has 3 heteroatoms. The summed E-state index contributed by atoms with van der Waals surface area (Å²) in [6.45, 7) is 7.23. The van der Waals surface area contributed by atoms with Gasteiger partial charge < -0.3 is 15.6 Å². The van der Waals surface area contributed by atoms with Crippen LogP contribution in [0.2, 0.25) is 0 Å². The smallest absolute Gasteiger partial charge is 0.123 e. The molecule has 0 spiro atoms. The number of ether oxygens (including phenoxy) is 1. The lowest BCUT2D eigenvalue weighted by atomic mass is 9.62. The first-order valence-corrected chi connectivity index (χ1v) is 7.08. The van der Waals surface area contributed by atoms with Gasteiger partial charge in [-0.2, -0.15) is 0 Å². The van der Waals surface area contributed by atoms with E-state index in [1.165, 1.54) is 0 Å². The van der Waals surface area contributed by atoms with E-state index in [9.17, 15) is 5.11 Å². The maximum atomic E-state index is 11.1. The van der Waals surface area contributed by atoms with Gasteiger partial charge >= 0.3 is 0 Å². The van der Waals surface area contributed by atoms with E-state index in [0.717, 1.165) is 24.2 Å². The molecule has 3 nitrogen and oxygen atoms in total. The molecule has 3 N–H and O–H groups in total. The molecule has 0 fully saturated rings. The molecule has 1 aromatic carbocycles. The molecule has 1 aliphatic heterocycles. The van der Waals surface area contributed by atoms with Gasteiger partial charge in [0.2, 0.25) is 0 Å². The largest absolute Gasteiger partial charge is 0.493 e. The van der Waals surface area contributed by atoms with Gasteiger partial charge in [-0.3, -0.25) is 0 Å². The number of fused-ring (bicyclic) bond motifs is 1. The summed E-state index contributed by atoms with van der Waals surface area (Å²) in [7, 11) is 0. The fraction of sp³-hybridized carbons (Fsp3) is 0.625. The van der Waals surface area contributed by atoms with Gasteiger partial charge in [0.25, 0.3) is 0 Å². The number of rotatable bonds is 4. The van der Waals surface area contributed by atoms with Gasteiger partial charge in [0.05, 0.1) is 12.2 Å². The van der Waals surface area contributed by atoms with Gasteiger partial charge in [-0.15, -0.1) is 0 Å². The molecule has 0 radical (unpaired) electrons. The minimum Gasteiger partial charge on any atom is -0.493 e. The van der Waals surface area contributed by atoms with E-state index >= 15 is 0 Å². The Kier molecular flexibility index (Phi) is 3.88. The van der Waals surface area contributed by atoms with Crippen molar-refractivity contribution in [2.45, 2.75) is 44.6 Å². The predicted molar refractivity (Wildman–Crippen MR) is 77.4 cm³/mol. The summed E-state index contributed by atoms with van der Waals surface area (Å²) in [6.07, 6.45) is 1.50. The maximum Gasteiger partial charge on any atom is 0.123 e. The second-order valence-corrected chi connectivity index (χ2v) is 6.25. The van der Waals surface area contributed by atoms with E-state index in [4.69, 9.17) is 10.5 Å². The highest BCUT2D eigenvalue weighted by Crippen LogP contribution is 2.47. The van der Waals surface area contributed by atoms with Crippen molar-refractivity contribution in [3.05, 3.63) is 29.8 Å². The van der Waals surface area contributed by atoms with E-state index in [0.29, 0.717) is 19.1 Å². The summed E-state index contributed by atoms with van der Waals surface area (Å²) in [6, 6.07) is 7.95. The number of aliphatic hydroxyl groups is 1. The van der Waals surface area contributed by atoms with Crippen LogP contribution in [0.15, 0.2) is 24.3 Å². The average molecular weight is 263 g/mol. The lowest BCUT2D eigenvalue weighted by Crippen LogP contribution is -2.57. The summed E-state index contributed by atoms with van der Waals surface area (Å²) < 4.78 is 5.71. The molecule has 1 aliphatic rings. The monoisotopic (exact) mass is 263 g/mol. The Labute approximate surface area is 115 Å². The van der Waals surface area contributed by atoms with Crippen LogP contribution in [-0.4, -0.2) is 23.9 Å². The zero-order valence-electron chi connectivity index (χ0n) is 12.1. The SMILES string of the molecule is CC(C)CC(C)(O)C1(CN)CCOc2ccccc21. The van der Waals surface area contributed by atoms with Crippen LogP contribution < -0.4 is 10.5 Å². The van der Waals surface area contributed by atoms with Crippen LogP contribution in [0.4, 0.5) is 0 Å². The molecule has 0 amide bonds. The Morgan fingerprint density at radius 2 is 2.11 bits per heavy atom. The van der Waals surface area contributed by atoms with Crippen LogP contribution in [0.3, 0.4) is 0 Å². The van der Waals surface area contributed by atoms with Crippen LogP contribution in [0.5, 0.6) is 5.75 Å². The van der Waals surface area contributed by atoms with Gasteiger partial charge in [-0.25, -0.2) is 0 Å². The summed E-state index contributed by atoms with van der Waals surface area (Å²) in [5.41, 5.74) is 5.92. The molecule has 0 aliphatic carbocycles. The van der Waals surface area contributed by atoms with Crippen molar-refractivity contribution in [1.29, 1.82) is 0 Å². The Bertz CT molecular complexity index is 442. The summed E-state index contributed by atoms with van der Waals surface area (Å²) in [4.78, 5) is 0. The Morgan fingerprint density at radius 1 is 1.42 bits per heavy atom. The molecule has 0 saturated carbocycles. The highest BCUT2D eigenvalue weighted by atomic mass is 16.5. The van der Waals surface area contributed by atoms with Crippen LogP contribution in [0.25, 0.3) is 0 Å². The van der Waals surface area contributed by atoms with Crippen LogP contribution in [-0.2, 0) is 5.41 Å². The lowest BCUT2D eigenvalue weighted by molar-refractivity contribution is -0.0525. The van der Waals surface area contributed by atoms with Crippen molar-refractivity contribution < 1.29 is 9.84 Å². The van der Waals surface area contributed by atoms with Crippen molar-refractivity contribution >= 4 is 0 Å². The number of para-hydroxylation sites is 1. The number of nitrogens with two attached hydrogens (primary N) is 1. The van der Waals surface area contributed by atoms with E-state index in [-0.39, 0.29) is 0 Å². The first-order valence-electron chi connectivity index (χ1n) is 7.08. The second-order valence-electron chi connectivity index (χ2n) is 6.25. The van der Waals surface area contributed by atoms with Crippen molar-refractivity contribution in [2.24, 2.45) is 11.7 Å². The third kappa shape index (κ3) is 2.37. The highest BCUT2D eigenvalue weighted by molar-refractivity contribution is 5.44. The molecule has 2 atom stereocenters. The van der Waals surface area contributed by atoms with Gasteiger partial charge in [-0.05, 0) is 31.7 Å². The minimum absolute atomic E-state index is 0.411. The molecule has 0 saturated heterocycles. The topological polar surface area (TPSA) is 55.5 Å². The third-order valence-electron chi connectivity index (χ3n) is 4.37. The maximum absolute atomic E-state index is 11.1. The van der Waals surface area contributed by atoms with Gasteiger partial charge in [0.1, 0.15) is 5.75 Å². The van der Waals surface area contributed by atoms with Crippen LogP contribution >= 0.6 is 0 Å². The van der Waals surface area contributed by atoms with Gasteiger partial charge in [0, 0.05) is 17.5 Å². The molecule has 1 heterocycles. The summed E-state index contributed by atoms with van der Waals surface area (Å²) in [5, 5.41) is 11.1. The van der Waals surface area contributed by atoms with Crippen molar-refractivity contribution in [1.82, 2.24) is 0 Å². The van der Waals surface area contributed by atoms with Gasteiger partial charge in [-0.1, -0.05) is 32.0 Å². The Balaban J connectivity index is 2.50. The zero-order valence-corrected chi connectivity index (χ0v) is 12.1. The minimum atomic E-state index is -0.824. The predicted octanol–water partition coefficient (Wildman–Crippen LogP) is 2.46. The van der Waals surface area contributed by atoms with Crippen molar-refractivity contribution in [2.75, 3.05) is 13.2 Å². The molecular formula is C16H25NO2. The van der Waals surface area contributed by atoms with E-state index < -0.39 is 11.0 Å². The lowest BCUT2D eigenvalue weighted by Gasteiger charge is -2.48. The van der Waals surface area contributed by atoms with Gasteiger partial charge in [0.15, 0.2) is 0 Å². The zero-order chi connectivity index (χ0) is 14.1. The van der Waals surface area contributed by atoms with Crippen LogP contribution in [0.1, 0.15) is 39.2 Å². The van der Waals surface area contributed by atoms with E-state index in [1.807, 2.05) is 31.2 Å². The quantitative estimate of drug-likeness (QED) is 0.877. The molecule has 19 heavy (non-hydrogen) atoms. The summed E-state index contributed by atoms with van der Waals surface area (Å²) >= 11 is 0. The molecule has 2 unspecified atom stereocenters. The second kappa shape index (κ2) is 5.14. The Morgan fingerprint density at radius 3 is 2.74 bits per heavy atom. The molecule has 0 bridgehead atoms. The Hall–Kier alpha value is -1.06. The van der Waals surface area contributed by atoms with Crippen molar-refractivity contribution in [3.63, 3.8) is 0 Å². The molecule has 106 valence electrons. The van der Waals surface area contributed by atoms with E-state index in [2.05, 4.69) is 13.8 Å². The number of hydrogen-bond acceptors (Lipinski definition) is 3. The van der Waals surface area contributed by atoms with Crippen LogP contribution in [0, 0.1) is 5.92 Å². The fourth-order valence-corrected chi connectivity index (χ4v) is 3.44.